The van der Waals surface area contributed by atoms with Crippen LogP contribution in [0.4, 0.5) is 0 Å². The van der Waals surface area contributed by atoms with Crippen LogP contribution < -0.4 is 0 Å². The largest absolute Gasteiger partial charge is 0.393 e. The summed E-state index contributed by atoms with van der Waals surface area (Å²) in [4.78, 5) is 0. The summed E-state index contributed by atoms with van der Waals surface area (Å²) in [6.07, 6.45) is 4.00. The van der Waals surface area contributed by atoms with E-state index in [9.17, 15) is 5.11 Å². The maximum Gasteiger partial charge on any atom is 0.0540 e. The van der Waals surface area contributed by atoms with E-state index in [1.54, 1.807) is 0 Å². The third-order valence-corrected chi connectivity index (χ3v) is 4.18. The number of aliphatic hydroxyl groups is 1. The molecule has 0 radical (unpaired) electrons. The summed E-state index contributed by atoms with van der Waals surface area (Å²) in [5, 5.41) is 9.66. The van der Waals surface area contributed by atoms with Gasteiger partial charge >= 0.3 is 0 Å². The lowest BCUT2D eigenvalue weighted by molar-refractivity contribution is 0.122. The maximum absolute atomic E-state index is 9.66. The molecule has 1 aliphatic rings. The van der Waals surface area contributed by atoms with E-state index in [-0.39, 0.29) is 6.10 Å². The number of benzene rings is 2. The lowest BCUT2D eigenvalue weighted by Crippen LogP contribution is -2.17. The summed E-state index contributed by atoms with van der Waals surface area (Å²) in [5.74, 6) is 0.597. The summed E-state index contributed by atoms with van der Waals surface area (Å²) in [6.45, 7) is 0. The van der Waals surface area contributed by atoms with Gasteiger partial charge in [-0.2, -0.15) is 0 Å². The molecule has 98 valence electrons. The lowest BCUT2D eigenvalue weighted by atomic mass is 9.80. The Hall–Kier alpha value is -1.60. The molecule has 0 unspecified atom stereocenters. The third kappa shape index (κ3) is 2.71. The Labute approximate surface area is 114 Å². The zero-order chi connectivity index (χ0) is 13.1. The molecule has 0 aliphatic heterocycles. The van der Waals surface area contributed by atoms with Crippen molar-refractivity contribution in [1.82, 2.24) is 0 Å². The van der Waals surface area contributed by atoms with Gasteiger partial charge in [-0.25, -0.2) is 0 Å². The molecule has 3 rings (SSSR count). The van der Waals surface area contributed by atoms with E-state index in [2.05, 4.69) is 54.6 Å². The molecule has 1 heteroatoms. The average molecular weight is 252 g/mol. The summed E-state index contributed by atoms with van der Waals surface area (Å²) >= 11 is 0. The van der Waals surface area contributed by atoms with E-state index in [1.165, 1.54) is 16.7 Å². The molecule has 1 saturated carbocycles. The first-order valence-electron chi connectivity index (χ1n) is 7.17. The molecular formula is C18H20O. The normalized spacial score (nSPS) is 23.2. The highest BCUT2D eigenvalue weighted by molar-refractivity contribution is 5.68. The van der Waals surface area contributed by atoms with Crippen molar-refractivity contribution < 1.29 is 5.11 Å². The third-order valence-electron chi connectivity index (χ3n) is 4.18. The summed E-state index contributed by atoms with van der Waals surface area (Å²) in [5.41, 5.74) is 4.09. The lowest BCUT2D eigenvalue weighted by Gasteiger charge is -2.27. The SMILES string of the molecule is OC1CCC(c2ccccc2-c2ccccc2)CC1. The summed E-state index contributed by atoms with van der Waals surface area (Å²) < 4.78 is 0. The maximum atomic E-state index is 9.66. The molecule has 19 heavy (non-hydrogen) atoms. The van der Waals surface area contributed by atoms with Gasteiger partial charge in [0.15, 0.2) is 0 Å². The van der Waals surface area contributed by atoms with Gasteiger partial charge in [-0.05, 0) is 48.3 Å². The van der Waals surface area contributed by atoms with Crippen LogP contribution in [0.15, 0.2) is 54.6 Å². The fourth-order valence-corrected chi connectivity index (χ4v) is 3.12. The van der Waals surface area contributed by atoms with E-state index < -0.39 is 0 Å². The minimum atomic E-state index is -0.0832. The first kappa shape index (κ1) is 12.4. The number of rotatable bonds is 2. The summed E-state index contributed by atoms with van der Waals surface area (Å²) in [6, 6.07) is 19.3. The zero-order valence-corrected chi connectivity index (χ0v) is 11.1. The molecule has 1 nitrogen and oxygen atoms in total. The van der Waals surface area contributed by atoms with Gasteiger partial charge in [0.25, 0.3) is 0 Å². The number of aliphatic hydroxyl groups excluding tert-OH is 1. The van der Waals surface area contributed by atoms with Crippen molar-refractivity contribution in [3.05, 3.63) is 60.2 Å². The molecular weight excluding hydrogens is 232 g/mol. The standard InChI is InChI=1S/C18H20O/c19-16-12-10-15(11-13-16)18-9-5-4-8-17(18)14-6-2-1-3-7-14/h1-9,15-16,19H,10-13H2. The van der Waals surface area contributed by atoms with Crippen LogP contribution in [0.25, 0.3) is 11.1 Å². The monoisotopic (exact) mass is 252 g/mol. The Morgan fingerprint density at radius 3 is 2.11 bits per heavy atom. The van der Waals surface area contributed by atoms with Gasteiger partial charge in [0, 0.05) is 0 Å². The van der Waals surface area contributed by atoms with Gasteiger partial charge < -0.3 is 5.11 Å². The van der Waals surface area contributed by atoms with Gasteiger partial charge in [-0.3, -0.25) is 0 Å². The predicted molar refractivity (Wildman–Crippen MR) is 79.1 cm³/mol. The Morgan fingerprint density at radius 2 is 1.37 bits per heavy atom. The van der Waals surface area contributed by atoms with Gasteiger partial charge in [-0.1, -0.05) is 54.6 Å². The fourth-order valence-electron chi connectivity index (χ4n) is 3.12. The Balaban J connectivity index is 1.94. The Morgan fingerprint density at radius 1 is 0.737 bits per heavy atom. The molecule has 0 atom stereocenters. The predicted octanol–water partition coefficient (Wildman–Crippen LogP) is 4.37. The van der Waals surface area contributed by atoms with Crippen LogP contribution in [0.1, 0.15) is 37.2 Å². The molecule has 2 aromatic carbocycles. The molecule has 0 saturated heterocycles. The highest BCUT2D eigenvalue weighted by Gasteiger charge is 2.22. The minimum absolute atomic E-state index is 0.0832. The van der Waals surface area contributed by atoms with Crippen LogP contribution >= 0.6 is 0 Å². The number of hydrogen-bond acceptors (Lipinski definition) is 1. The van der Waals surface area contributed by atoms with Crippen LogP contribution in [-0.4, -0.2) is 11.2 Å². The van der Waals surface area contributed by atoms with Crippen LogP contribution in [-0.2, 0) is 0 Å². The van der Waals surface area contributed by atoms with Crippen LogP contribution in [0, 0.1) is 0 Å². The molecule has 0 bridgehead atoms. The van der Waals surface area contributed by atoms with Crippen molar-refractivity contribution in [1.29, 1.82) is 0 Å². The van der Waals surface area contributed by atoms with Gasteiger partial charge in [0.1, 0.15) is 0 Å². The van der Waals surface area contributed by atoms with Gasteiger partial charge in [-0.15, -0.1) is 0 Å². The van der Waals surface area contributed by atoms with Gasteiger partial charge in [0.2, 0.25) is 0 Å². The van der Waals surface area contributed by atoms with E-state index in [0.29, 0.717) is 5.92 Å². The minimum Gasteiger partial charge on any atom is -0.393 e. The average Bonchev–Trinajstić information content (AvgIpc) is 2.49. The van der Waals surface area contributed by atoms with E-state index >= 15 is 0 Å². The molecule has 0 aromatic heterocycles. The quantitative estimate of drug-likeness (QED) is 0.841. The second-order valence-corrected chi connectivity index (χ2v) is 5.46. The highest BCUT2D eigenvalue weighted by atomic mass is 16.3. The van der Waals surface area contributed by atoms with Crippen molar-refractivity contribution in [2.45, 2.75) is 37.7 Å². The van der Waals surface area contributed by atoms with Crippen molar-refractivity contribution >= 4 is 0 Å². The Bertz CT molecular complexity index is 524. The van der Waals surface area contributed by atoms with Gasteiger partial charge in [0.05, 0.1) is 6.10 Å². The Kier molecular flexibility index (Phi) is 3.65. The molecule has 1 aliphatic carbocycles. The fraction of sp³-hybridized carbons (Fsp3) is 0.333. The molecule has 0 amide bonds. The first-order valence-corrected chi connectivity index (χ1v) is 7.17. The number of hydrogen-bond donors (Lipinski definition) is 1. The van der Waals surface area contributed by atoms with Crippen molar-refractivity contribution in [3.8, 4) is 11.1 Å². The van der Waals surface area contributed by atoms with E-state index in [1.807, 2.05) is 0 Å². The topological polar surface area (TPSA) is 20.2 Å². The molecule has 1 fully saturated rings. The van der Waals surface area contributed by atoms with Crippen molar-refractivity contribution in [2.75, 3.05) is 0 Å². The molecule has 2 aromatic rings. The smallest absolute Gasteiger partial charge is 0.0540 e. The van der Waals surface area contributed by atoms with Crippen LogP contribution in [0.3, 0.4) is 0 Å². The highest BCUT2D eigenvalue weighted by Crippen LogP contribution is 2.37. The van der Waals surface area contributed by atoms with Crippen molar-refractivity contribution in [2.24, 2.45) is 0 Å². The zero-order valence-electron chi connectivity index (χ0n) is 11.1. The second-order valence-electron chi connectivity index (χ2n) is 5.46. The molecule has 0 spiro atoms. The van der Waals surface area contributed by atoms with E-state index in [0.717, 1.165) is 25.7 Å². The van der Waals surface area contributed by atoms with Crippen LogP contribution in [0.2, 0.25) is 0 Å². The van der Waals surface area contributed by atoms with Crippen molar-refractivity contribution in [3.63, 3.8) is 0 Å². The first-order chi connectivity index (χ1) is 9.34. The second kappa shape index (κ2) is 5.58. The van der Waals surface area contributed by atoms with E-state index in [4.69, 9.17) is 0 Å². The molecule has 1 N–H and O–H groups in total. The van der Waals surface area contributed by atoms with Crippen LogP contribution in [0.5, 0.6) is 0 Å². The summed E-state index contributed by atoms with van der Waals surface area (Å²) in [7, 11) is 0. The molecule has 0 heterocycles.